The van der Waals surface area contributed by atoms with E-state index in [0.29, 0.717) is 44.9 Å². The molecule has 0 aromatic rings. The Morgan fingerprint density at radius 2 is 1.06 bits per heavy atom. The monoisotopic (exact) mass is 462 g/mol. The maximum absolute atomic E-state index is 15.7. The van der Waals surface area contributed by atoms with Crippen LogP contribution in [0.5, 0.6) is 0 Å². The Kier molecular flexibility index (Phi) is 14.8. The third-order valence-corrected chi connectivity index (χ3v) is 7.97. The van der Waals surface area contributed by atoms with E-state index in [0.717, 1.165) is 38.5 Å². The van der Waals surface area contributed by atoms with Gasteiger partial charge in [-0.05, 0) is 75.5 Å². The van der Waals surface area contributed by atoms with Crippen molar-refractivity contribution in [3.8, 4) is 0 Å². The minimum absolute atomic E-state index is 0.0102. The van der Waals surface area contributed by atoms with E-state index in [4.69, 9.17) is 0 Å². The molecule has 0 N–H and O–H groups in total. The molecule has 0 rings (SSSR count). The predicted molar refractivity (Wildman–Crippen MR) is 137 cm³/mol. The molecule has 0 aliphatic heterocycles. The summed E-state index contributed by atoms with van der Waals surface area (Å²) in [6.07, 6.45) is 8.42. The summed E-state index contributed by atoms with van der Waals surface area (Å²) in [5.74, 6) is 0.638. The lowest BCUT2D eigenvalue weighted by molar-refractivity contribution is 0.0215. The van der Waals surface area contributed by atoms with Gasteiger partial charge in [0.2, 0.25) is 0 Å². The van der Waals surface area contributed by atoms with Crippen molar-refractivity contribution in [2.45, 2.75) is 163 Å². The molecular weight excluding hydrogens is 405 g/mol. The minimum atomic E-state index is -1.27. The van der Waals surface area contributed by atoms with Crippen molar-refractivity contribution in [1.82, 2.24) is 0 Å². The van der Waals surface area contributed by atoms with Gasteiger partial charge in [-0.15, -0.1) is 0 Å². The average Bonchev–Trinajstić information content (AvgIpc) is 2.65. The highest BCUT2D eigenvalue weighted by Crippen LogP contribution is 2.41. The fourth-order valence-electron chi connectivity index (χ4n) is 6.73. The summed E-state index contributed by atoms with van der Waals surface area (Å²) in [5.41, 5.74) is -3.62. The summed E-state index contributed by atoms with van der Waals surface area (Å²) in [6.45, 7) is 18.3. The van der Waals surface area contributed by atoms with E-state index in [1.54, 1.807) is 6.92 Å². The summed E-state index contributed by atoms with van der Waals surface area (Å²) < 4.78 is 46.9. The van der Waals surface area contributed by atoms with Crippen LogP contribution in [-0.4, -0.2) is 17.0 Å². The zero-order chi connectivity index (χ0) is 25.0. The van der Waals surface area contributed by atoms with Gasteiger partial charge in [-0.1, -0.05) is 93.9 Å². The maximum atomic E-state index is 15.7. The van der Waals surface area contributed by atoms with Crippen LogP contribution in [0, 0.1) is 23.7 Å². The Morgan fingerprint density at radius 3 is 1.50 bits per heavy atom. The standard InChI is InChI=1S/C29H57F3/c1-10-17-28(31,21-16-19-27(9,30)26(23(5)6)24(7)8)20-14-15-22-29(32,18-11-2)25(12-3)13-4/h23-26H,10-22H2,1-9H3. The number of hydrogen-bond acceptors (Lipinski definition) is 0. The van der Waals surface area contributed by atoms with E-state index < -0.39 is 17.0 Å². The zero-order valence-corrected chi connectivity index (χ0v) is 23.1. The van der Waals surface area contributed by atoms with Gasteiger partial charge in [0.25, 0.3) is 0 Å². The van der Waals surface area contributed by atoms with Crippen LogP contribution in [0.4, 0.5) is 13.2 Å². The molecule has 0 fully saturated rings. The molecule has 0 spiro atoms. The maximum Gasteiger partial charge on any atom is 0.113 e. The molecule has 0 aromatic heterocycles. The molecule has 0 aliphatic carbocycles. The molecule has 0 amide bonds. The third-order valence-electron chi connectivity index (χ3n) is 7.97. The molecular formula is C29H57F3. The van der Waals surface area contributed by atoms with Gasteiger partial charge in [-0.2, -0.15) is 0 Å². The SMILES string of the molecule is CCCC(F)(CCCCC(F)(CCC)C(CC)CC)CCCC(C)(F)C(C(C)C)C(C)C. The van der Waals surface area contributed by atoms with E-state index in [2.05, 4.69) is 41.5 Å². The van der Waals surface area contributed by atoms with Crippen LogP contribution in [0.1, 0.15) is 146 Å². The van der Waals surface area contributed by atoms with Crippen molar-refractivity contribution in [3.05, 3.63) is 0 Å². The lowest BCUT2D eigenvalue weighted by atomic mass is 9.72. The summed E-state index contributed by atoms with van der Waals surface area (Å²) >= 11 is 0. The van der Waals surface area contributed by atoms with Gasteiger partial charge < -0.3 is 0 Å². The second-order valence-electron chi connectivity index (χ2n) is 11.6. The zero-order valence-electron chi connectivity index (χ0n) is 23.1. The van der Waals surface area contributed by atoms with Crippen molar-refractivity contribution in [2.24, 2.45) is 23.7 Å². The highest BCUT2D eigenvalue weighted by Gasteiger charge is 2.39. The molecule has 194 valence electrons. The van der Waals surface area contributed by atoms with Gasteiger partial charge in [-0.3, -0.25) is 0 Å². The Hall–Kier alpha value is -0.210. The molecule has 32 heavy (non-hydrogen) atoms. The van der Waals surface area contributed by atoms with Gasteiger partial charge >= 0.3 is 0 Å². The molecule has 0 saturated carbocycles. The quantitative estimate of drug-likeness (QED) is 0.167. The molecule has 0 radical (unpaired) electrons. The van der Waals surface area contributed by atoms with Crippen LogP contribution >= 0.6 is 0 Å². The van der Waals surface area contributed by atoms with Gasteiger partial charge in [0, 0.05) is 0 Å². The topological polar surface area (TPSA) is 0 Å². The van der Waals surface area contributed by atoms with Crippen LogP contribution < -0.4 is 0 Å². The average molecular weight is 463 g/mol. The first-order valence-electron chi connectivity index (χ1n) is 13.9. The van der Waals surface area contributed by atoms with Crippen LogP contribution in [0.15, 0.2) is 0 Å². The smallest absolute Gasteiger partial charge is 0.113 e. The first-order valence-corrected chi connectivity index (χ1v) is 13.9. The number of halogens is 3. The summed E-state index contributed by atoms with van der Waals surface area (Å²) in [7, 11) is 0. The molecule has 3 heteroatoms. The lowest BCUT2D eigenvalue weighted by Gasteiger charge is -2.37. The molecule has 0 saturated heterocycles. The number of hydrogen-bond donors (Lipinski definition) is 0. The van der Waals surface area contributed by atoms with Crippen molar-refractivity contribution < 1.29 is 13.2 Å². The largest absolute Gasteiger partial charge is 0.244 e. The van der Waals surface area contributed by atoms with E-state index in [1.807, 2.05) is 13.8 Å². The lowest BCUT2D eigenvalue weighted by Crippen LogP contribution is -2.37. The molecule has 0 nitrogen and oxygen atoms in total. The van der Waals surface area contributed by atoms with Gasteiger partial charge in [-0.25, -0.2) is 13.2 Å². The number of unbranched alkanes of at least 4 members (excludes halogenated alkanes) is 1. The Bertz CT molecular complexity index is 461. The predicted octanol–water partition coefficient (Wildman–Crippen LogP) is 10.8. The second-order valence-corrected chi connectivity index (χ2v) is 11.6. The highest BCUT2D eigenvalue weighted by atomic mass is 19.2. The molecule has 3 unspecified atom stereocenters. The molecule has 0 aromatic carbocycles. The molecule has 0 aliphatic rings. The summed E-state index contributed by atoms with van der Waals surface area (Å²) in [5, 5.41) is 0. The fraction of sp³-hybridized carbons (Fsp3) is 1.00. The first kappa shape index (κ1) is 31.8. The van der Waals surface area contributed by atoms with Crippen molar-refractivity contribution in [3.63, 3.8) is 0 Å². The summed E-state index contributed by atoms with van der Waals surface area (Å²) in [4.78, 5) is 0. The van der Waals surface area contributed by atoms with Gasteiger partial charge in [0.1, 0.15) is 17.0 Å². The van der Waals surface area contributed by atoms with Crippen molar-refractivity contribution in [1.29, 1.82) is 0 Å². The Balaban J connectivity index is 4.87. The van der Waals surface area contributed by atoms with Crippen molar-refractivity contribution >= 4 is 0 Å². The van der Waals surface area contributed by atoms with E-state index in [9.17, 15) is 0 Å². The Morgan fingerprint density at radius 1 is 0.594 bits per heavy atom. The second kappa shape index (κ2) is 14.9. The van der Waals surface area contributed by atoms with E-state index in [1.165, 1.54) is 0 Å². The van der Waals surface area contributed by atoms with E-state index >= 15 is 13.2 Å². The Labute approximate surface area is 199 Å². The van der Waals surface area contributed by atoms with E-state index in [-0.39, 0.29) is 23.7 Å². The van der Waals surface area contributed by atoms with Gasteiger partial charge in [0.05, 0.1) is 0 Å². The van der Waals surface area contributed by atoms with Crippen LogP contribution in [0.2, 0.25) is 0 Å². The van der Waals surface area contributed by atoms with Gasteiger partial charge in [0.15, 0.2) is 0 Å². The minimum Gasteiger partial charge on any atom is -0.244 e. The third kappa shape index (κ3) is 10.4. The van der Waals surface area contributed by atoms with Crippen LogP contribution in [0.25, 0.3) is 0 Å². The van der Waals surface area contributed by atoms with Crippen LogP contribution in [-0.2, 0) is 0 Å². The summed E-state index contributed by atoms with van der Waals surface area (Å²) in [6, 6.07) is 0. The molecule has 3 atom stereocenters. The fourth-order valence-corrected chi connectivity index (χ4v) is 6.73. The van der Waals surface area contributed by atoms with Crippen molar-refractivity contribution in [2.75, 3.05) is 0 Å². The highest BCUT2D eigenvalue weighted by molar-refractivity contribution is 4.89. The number of alkyl halides is 3. The first-order chi connectivity index (χ1) is 14.8. The molecule has 0 heterocycles. The van der Waals surface area contributed by atoms with Crippen LogP contribution in [0.3, 0.4) is 0 Å². The normalized spacial score (nSPS) is 18.4. The molecule has 0 bridgehead atoms. The number of rotatable bonds is 19.